The molecule has 0 aliphatic carbocycles. The number of aliphatic hydroxyl groups is 1. The van der Waals surface area contributed by atoms with Crippen LogP contribution in [-0.4, -0.2) is 35.1 Å². The minimum Gasteiger partial charge on any atom is -0.394 e. The third kappa shape index (κ3) is 2.66. The van der Waals surface area contributed by atoms with Crippen LogP contribution in [0.1, 0.15) is 31.2 Å². The van der Waals surface area contributed by atoms with Crippen molar-refractivity contribution in [2.45, 2.75) is 31.7 Å². The molecule has 1 aliphatic heterocycles. The summed E-state index contributed by atoms with van der Waals surface area (Å²) in [6.45, 7) is 2.79. The van der Waals surface area contributed by atoms with Crippen LogP contribution in [-0.2, 0) is 4.79 Å². The molecule has 2 atom stereocenters. The molecular formula is C18H21NO2. The number of carbonyl (C=O) groups is 1. The van der Waals surface area contributed by atoms with Crippen LogP contribution in [0, 0.1) is 0 Å². The highest BCUT2D eigenvalue weighted by molar-refractivity contribution is 5.88. The predicted octanol–water partition coefficient (Wildman–Crippen LogP) is 2.93. The molecule has 1 saturated heterocycles. The Kier molecular flexibility index (Phi) is 3.93. The summed E-state index contributed by atoms with van der Waals surface area (Å²) in [5, 5.41) is 11.7. The van der Waals surface area contributed by atoms with Gasteiger partial charge in [0.1, 0.15) is 0 Å². The molecule has 3 heteroatoms. The van der Waals surface area contributed by atoms with Gasteiger partial charge in [0.25, 0.3) is 0 Å². The van der Waals surface area contributed by atoms with Crippen LogP contribution in [0.2, 0.25) is 0 Å². The van der Waals surface area contributed by atoms with Crippen molar-refractivity contribution in [3.63, 3.8) is 0 Å². The summed E-state index contributed by atoms with van der Waals surface area (Å²) in [5.41, 5.74) is 1.04. The van der Waals surface area contributed by atoms with E-state index in [0.29, 0.717) is 0 Å². The van der Waals surface area contributed by atoms with Crippen LogP contribution in [0.15, 0.2) is 42.5 Å². The molecule has 0 spiro atoms. The van der Waals surface area contributed by atoms with Crippen LogP contribution >= 0.6 is 0 Å². The topological polar surface area (TPSA) is 40.5 Å². The van der Waals surface area contributed by atoms with Crippen molar-refractivity contribution < 1.29 is 9.90 Å². The number of benzene rings is 2. The summed E-state index contributed by atoms with van der Waals surface area (Å²) in [5.74, 6) is -0.0383. The van der Waals surface area contributed by atoms with Gasteiger partial charge in [0.05, 0.1) is 18.6 Å². The van der Waals surface area contributed by atoms with Crippen LogP contribution in [0.5, 0.6) is 0 Å². The number of hydrogen-bond donors (Lipinski definition) is 1. The quantitative estimate of drug-likeness (QED) is 0.941. The van der Waals surface area contributed by atoms with Crippen LogP contribution < -0.4 is 0 Å². The number of carbonyl (C=O) groups excluding carboxylic acids is 1. The monoisotopic (exact) mass is 283 g/mol. The summed E-state index contributed by atoms with van der Waals surface area (Å²) < 4.78 is 0. The molecule has 110 valence electrons. The SMILES string of the molecule is CC(C(=O)N1CCC[C@H]1CO)c1ccc2ccccc2c1. The van der Waals surface area contributed by atoms with Crippen molar-refractivity contribution in [3.05, 3.63) is 48.0 Å². The standard InChI is InChI=1S/C18H21NO2/c1-13(18(21)19-10-4-7-17(19)12-20)15-9-8-14-5-2-3-6-16(14)11-15/h2-3,5-6,8-9,11,13,17,20H,4,7,10,12H2,1H3/t13?,17-/m0/s1. The minimum atomic E-state index is -0.165. The predicted molar refractivity (Wildman–Crippen MR) is 84.2 cm³/mol. The molecule has 2 aromatic rings. The molecule has 0 aromatic heterocycles. The van der Waals surface area contributed by atoms with E-state index in [9.17, 15) is 9.90 Å². The molecule has 2 aromatic carbocycles. The van der Waals surface area contributed by atoms with E-state index in [4.69, 9.17) is 0 Å². The largest absolute Gasteiger partial charge is 0.394 e. The molecule has 1 aliphatic rings. The first-order valence-electron chi connectivity index (χ1n) is 7.60. The van der Waals surface area contributed by atoms with Gasteiger partial charge in [-0.05, 0) is 36.1 Å². The van der Waals surface area contributed by atoms with E-state index in [2.05, 4.69) is 24.3 Å². The zero-order valence-corrected chi connectivity index (χ0v) is 12.3. The number of amides is 1. The van der Waals surface area contributed by atoms with E-state index < -0.39 is 0 Å². The Morgan fingerprint density at radius 2 is 2.05 bits per heavy atom. The Balaban J connectivity index is 1.85. The average molecular weight is 283 g/mol. The van der Waals surface area contributed by atoms with Crippen molar-refractivity contribution >= 4 is 16.7 Å². The molecule has 3 rings (SSSR count). The molecule has 1 heterocycles. The first-order valence-corrected chi connectivity index (χ1v) is 7.60. The second-order valence-electron chi connectivity index (χ2n) is 5.84. The molecule has 0 radical (unpaired) electrons. The smallest absolute Gasteiger partial charge is 0.230 e. The number of fused-ring (bicyclic) bond motifs is 1. The molecular weight excluding hydrogens is 262 g/mol. The summed E-state index contributed by atoms with van der Waals surface area (Å²) in [7, 11) is 0. The lowest BCUT2D eigenvalue weighted by Crippen LogP contribution is -2.39. The zero-order chi connectivity index (χ0) is 14.8. The highest BCUT2D eigenvalue weighted by Crippen LogP contribution is 2.26. The minimum absolute atomic E-state index is 0.000376. The lowest BCUT2D eigenvalue weighted by molar-refractivity contribution is -0.133. The molecule has 21 heavy (non-hydrogen) atoms. The van der Waals surface area contributed by atoms with Gasteiger partial charge in [-0.2, -0.15) is 0 Å². The summed E-state index contributed by atoms with van der Waals surface area (Å²) >= 11 is 0. The van der Waals surface area contributed by atoms with Crippen LogP contribution in [0.25, 0.3) is 10.8 Å². The fourth-order valence-electron chi connectivity index (χ4n) is 3.18. The van der Waals surface area contributed by atoms with Gasteiger partial charge in [0, 0.05) is 6.54 Å². The Hall–Kier alpha value is -1.87. The maximum Gasteiger partial charge on any atom is 0.230 e. The normalized spacial score (nSPS) is 19.9. The number of likely N-dealkylation sites (tertiary alicyclic amines) is 1. The van der Waals surface area contributed by atoms with E-state index in [-0.39, 0.29) is 24.5 Å². The van der Waals surface area contributed by atoms with Gasteiger partial charge in [0.15, 0.2) is 0 Å². The van der Waals surface area contributed by atoms with Crippen molar-refractivity contribution in [3.8, 4) is 0 Å². The number of hydrogen-bond acceptors (Lipinski definition) is 2. The van der Waals surface area contributed by atoms with Crippen molar-refractivity contribution in [2.24, 2.45) is 0 Å². The molecule has 0 saturated carbocycles. The molecule has 1 fully saturated rings. The van der Waals surface area contributed by atoms with E-state index in [0.717, 1.165) is 30.3 Å². The number of aliphatic hydroxyl groups excluding tert-OH is 1. The molecule has 0 bridgehead atoms. The van der Waals surface area contributed by atoms with Gasteiger partial charge < -0.3 is 10.0 Å². The van der Waals surface area contributed by atoms with Gasteiger partial charge in [0.2, 0.25) is 5.91 Å². The second kappa shape index (κ2) is 5.86. The zero-order valence-electron chi connectivity index (χ0n) is 12.3. The maximum atomic E-state index is 12.7. The molecule has 1 N–H and O–H groups in total. The first kappa shape index (κ1) is 14.1. The van der Waals surface area contributed by atoms with Crippen molar-refractivity contribution in [1.82, 2.24) is 4.90 Å². The average Bonchev–Trinajstić information content (AvgIpc) is 3.01. The number of rotatable bonds is 3. The van der Waals surface area contributed by atoms with E-state index in [1.165, 1.54) is 5.39 Å². The molecule has 1 unspecified atom stereocenters. The molecule has 3 nitrogen and oxygen atoms in total. The third-order valence-corrected chi connectivity index (χ3v) is 4.51. The first-order chi connectivity index (χ1) is 10.2. The Morgan fingerprint density at radius 3 is 2.81 bits per heavy atom. The highest BCUT2D eigenvalue weighted by Gasteiger charge is 2.31. The maximum absolute atomic E-state index is 12.7. The van der Waals surface area contributed by atoms with E-state index >= 15 is 0 Å². The van der Waals surface area contributed by atoms with Gasteiger partial charge in [-0.25, -0.2) is 0 Å². The summed E-state index contributed by atoms with van der Waals surface area (Å²) in [6.07, 6.45) is 1.90. The Labute approximate surface area is 125 Å². The van der Waals surface area contributed by atoms with Crippen LogP contribution in [0.3, 0.4) is 0 Å². The highest BCUT2D eigenvalue weighted by atomic mass is 16.3. The number of nitrogens with zero attached hydrogens (tertiary/aromatic N) is 1. The van der Waals surface area contributed by atoms with Crippen molar-refractivity contribution in [2.75, 3.05) is 13.2 Å². The fraction of sp³-hybridized carbons (Fsp3) is 0.389. The third-order valence-electron chi connectivity index (χ3n) is 4.51. The lowest BCUT2D eigenvalue weighted by atomic mass is 9.96. The summed E-state index contributed by atoms with van der Waals surface area (Å²) in [6, 6.07) is 14.4. The van der Waals surface area contributed by atoms with Gasteiger partial charge in [-0.15, -0.1) is 0 Å². The summed E-state index contributed by atoms with van der Waals surface area (Å²) in [4.78, 5) is 14.5. The molecule has 1 amide bonds. The second-order valence-corrected chi connectivity index (χ2v) is 5.84. The van der Waals surface area contributed by atoms with Crippen LogP contribution in [0.4, 0.5) is 0 Å². The Morgan fingerprint density at radius 1 is 1.29 bits per heavy atom. The van der Waals surface area contributed by atoms with Gasteiger partial charge in [-0.1, -0.05) is 42.5 Å². The van der Waals surface area contributed by atoms with Gasteiger partial charge in [-0.3, -0.25) is 4.79 Å². The van der Waals surface area contributed by atoms with E-state index in [1.54, 1.807) is 0 Å². The Bertz CT molecular complexity index is 652. The van der Waals surface area contributed by atoms with Gasteiger partial charge >= 0.3 is 0 Å². The lowest BCUT2D eigenvalue weighted by Gasteiger charge is -2.26. The fourth-order valence-corrected chi connectivity index (χ4v) is 3.18. The van der Waals surface area contributed by atoms with Crippen molar-refractivity contribution in [1.29, 1.82) is 0 Å². The van der Waals surface area contributed by atoms with E-state index in [1.807, 2.05) is 30.0 Å².